The molecular weight excluding hydrogens is 270 g/mol. The number of nitrogens with one attached hydrogen (secondary N) is 1. The molecule has 1 amide bonds. The van der Waals surface area contributed by atoms with Crippen molar-refractivity contribution < 1.29 is 4.79 Å². The normalized spacial score (nSPS) is 12.4. The van der Waals surface area contributed by atoms with Gasteiger partial charge in [-0.1, -0.05) is 18.2 Å². The Balaban J connectivity index is 1.70. The number of nitrogens with zero attached hydrogens (tertiary/aromatic N) is 2. The van der Waals surface area contributed by atoms with Gasteiger partial charge < -0.3 is 9.88 Å². The highest BCUT2D eigenvalue weighted by atomic mass is 32.1. The van der Waals surface area contributed by atoms with Crippen LogP contribution < -0.4 is 5.32 Å². The molecule has 0 unspecified atom stereocenters. The molecule has 0 spiro atoms. The summed E-state index contributed by atoms with van der Waals surface area (Å²) in [5, 5.41) is 5.02. The van der Waals surface area contributed by atoms with E-state index in [1.807, 2.05) is 53.3 Å². The predicted molar refractivity (Wildman–Crippen MR) is 80.6 cm³/mol. The van der Waals surface area contributed by atoms with Gasteiger partial charge in [0.25, 0.3) is 0 Å². The number of imidazole rings is 1. The predicted octanol–water partition coefficient (Wildman–Crippen LogP) is 2.98. The van der Waals surface area contributed by atoms with Crippen LogP contribution in [0.15, 0.2) is 48.1 Å². The van der Waals surface area contributed by atoms with Crippen molar-refractivity contribution in [2.45, 2.75) is 19.5 Å². The van der Waals surface area contributed by atoms with Gasteiger partial charge in [-0.05, 0) is 30.5 Å². The summed E-state index contributed by atoms with van der Waals surface area (Å²) < 4.78 is 1.87. The van der Waals surface area contributed by atoms with Crippen LogP contribution in [0.3, 0.4) is 0 Å². The first-order chi connectivity index (χ1) is 9.74. The molecule has 0 radical (unpaired) electrons. The Morgan fingerprint density at radius 3 is 3.00 bits per heavy atom. The van der Waals surface area contributed by atoms with Gasteiger partial charge in [0.2, 0.25) is 5.91 Å². The summed E-state index contributed by atoms with van der Waals surface area (Å²) in [6.07, 6.45) is 1.71. The minimum Gasteiger partial charge on any atom is -0.347 e. The second kappa shape index (κ2) is 5.46. The van der Waals surface area contributed by atoms with E-state index in [9.17, 15) is 4.79 Å². The molecule has 3 rings (SSSR count). The standard InChI is InChI=1S/C15H15N3OS/c1-11(14-7-4-8-20-14)17-15(19)9-18-10-16-12-5-2-3-6-13(12)18/h2-8,10-11H,9H2,1H3,(H,17,19)/t11-/m0/s1. The quantitative estimate of drug-likeness (QED) is 0.801. The molecule has 4 nitrogen and oxygen atoms in total. The van der Waals surface area contributed by atoms with Crippen LogP contribution in [0, 0.1) is 0 Å². The van der Waals surface area contributed by atoms with Gasteiger partial charge in [0.15, 0.2) is 0 Å². The Morgan fingerprint density at radius 2 is 2.20 bits per heavy atom. The summed E-state index contributed by atoms with van der Waals surface area (Å²) in [5.41, 5.74) is 1.89. The maximum atomic E-state index is 12.1. The van der Waals surface area contributed by atoms with Crippen LogP contribution in [0.4, 0.5) is 0 Å². The molecule has 2 aromatic heterocycles. The molecule has 0 aliphatic rings. The Morgan fingerprint density at radius 1 is 1.35 bits per heavy atom. The van der Waals surface area contributed by atoms with Crippen molar-refractivity contribution in [3.8, 4) is 0 Å². The van der Waals surface area contributed by atoms with Gasteiger partial charge in [-0.3, -0.25) is 4.79 Å². The Labute approximate surface area is 121 Å². The Hall–Kier alpha value is -2.14. The molecular formula is C15H15N3OS. The number of thiophene rings is 1. The van der Waals surface area contributed by atoms with E-state index in [0.29, 0.717) is 0 Å². The number of carbonyl (C=O) groups is 1. The van der Waals surface area contributed by atoms with E-state index in [2.05, 4.69) is 10.3 Å². The van der Waals surface area contributed by atoms with Crippen LogP contribution in [0.2, 0.25) is 0 Å². The van der Waals surface area contributed by atoms with E-state index in [1.54, 1.807) is 17.7 Å². The van der Waals surface area contributed by atoms with Crippen molar-refractivity contribution in [2.75, 3.05) is 0 Å². The highest BCUT2D eigenvalue weighted by Crippen LogP contribution is 2.18. The average molecular weight is 285 g/mol. The lowest BCUT2D eigenvalue weighted by Crippen LogP contribution is -2.29. The van der Waals surface area contributed by atoms with Crippen molar-refractivity contribution in [3.63, 3.8) is 0 Å². The maximum Gasteiger partial charge on any atom is 0.240 e. The van der Waals surface area contributed by atoms with Crippen LogP contribution in [0.5, 0.6) is 0 Å². The van der Waals surface area contributed by atoms with Gasteiger partial charge >= 0.3 is 0 Å². The summed E-state index contributed by atoms with van der Waals surface area (Å²) in [6, 6.07) is 11.9. The second-order valence-corrected chi connectivity index (χ2v) is 5.65. The van der Waals surface area contributed by atoms with Gasteiger partial charge in [0, 0.05) is 4.88 Å². The zero-order chi connectivity index (χ0) is 13.9. The number of amides is 1. The number of aromatic nitrogens is 2. The first-order valence-corrected chi connectivity index (χ1v) is 7.34. The molecule has 1 aromatic carbocycles. The fourth-order valence-corrected chi connectivity index (χ4v) is 2.92. The van der Waals surface area contributed by atoms with Crippen LogP contribution in [-0.4, -0.2) is 15.5 Å². The zero-order valence-electron chi connectivity index (χ0n) is 11.1. The van der Waals surface area contributed by atoms with Crippen LogP contribution >= 0.6 is 11.3 Å². The van der Waals surface area contributed by atoms with Crippen LogP contribution in [-0.2, 0) is 11.3 Å². The molecule has 1 N–H and O–H groups in total. The highest BCUT2D eigenvalue weighted by Gasteiger charge is 2.11. The molecule has 0 bridgehead atoms. The van der Waals surface area contributed by atoms with Crippen LogP contribution in [0.1, 0.15) is 17.8 Å². The third-order valence-electron chi connectivity index (χ3n) is 3.19. The summed E-state index contributed by atoms with van der Waals surface area (Å²) in [7, 11) is 0. The Bertz CT molecular complexity index is 718. The van der Waals surface area contributed by atoms with E-state index in [-0.39, 0.29) is 18.5 Å². The molecule has 0 aliphatic carbocycles. The fourth-order valence-electron chi connectivity index (χ4n) is 2.19. The van der Waals surface area contributed by atoms with Crippen molar-refractivity contribution >= 4 is 28.3 Å². The van der Waals surface area contributed by atoms with Gasteiger partial charge in [0.05, 0.1) is 23.4 Å². The lowest BCUT2D eigenvalue weighted by atomic mass is 10.2. The number of hydrogen-bond acceptors (Lipinski definition) is 3. The minimum absolute atomic E-state index is 0.00551. The molecule has 102 valence electrons. The second-order valence-electron chi connectivity index (χ2n) is 4.67. The van der Waals surface area contributed by atoms with Gasteiger partial charge in [-0.2, -0.15) is 0 Å². The topological polar surface area (TPSA) is 46.9 Å². The van der Waals surface area contributed by atoms with Gasteiger partial charge in [0.1, 0.15) is 6.54 Å². The highest BCUT2D eigenvalue weighted by molar-refractivity contribution is 7.10. The summed E-state index contributed by atoms with van der Waals surface area (Å²) in [5.74, 6) is -0.00551. The molecule has 2 heterocycles. The fraction of sp³-hybridized carbons (Fsp3) is 0.200. The third-order valence-corrected chi connectivity index (χ3v) is 4.24. The first kappa shape index (κ1) is 12.9. The third kappa shape index (κ3) is 2.58. The molecule has 0 saturated heterocycles. The van der Waals surface area contributed by atoms with E-state index >= 15 is 0 Å². The number of rotatable bonds is 4. The van der Waals surface area contributed by atoms with Crippen LogP contribution in [0.25, 0.3) is 11.0 Å². The van der Waals surface area contributed by atoms with E-state index < -0.39 is 0 Å². The number of para-hydroxylation sites is 2. The molecule has 1 atom stereocenters. The average Bonchev–Trinajstić information content (AvgIpc) is 3.09. The molecule has 0 fully saturated rings. The monoisotopic (exact) mass is 285 g/mol. The van der Waals surface area contributed by atoms with Crippen molar-refractivity contribution in [1.82, 2.24) is 14.9 Å². The smallest absolute Gasteiger partial charge is 0.240 e. The van der Waals surface area contributed by atoms with Crippen molar-refractivity contribution in [2.24, 2.45) is 0 Å². The number of carbonyl (C=O) groups excluding carboxylic acids is 1. The Kier molecular flexibility index (Phi) is 3.52. The molecule has 5 heteroatoms. The minimum atomic E-state index is -0.00551. The molecule has 0 saturated carbocycles. The maximum absolute atomic E-state index is 12.1. The summed E-state index contributed by atoms with van der Waals surface area (Å²) >= 11 is 1.65. The lowest BCUT2D eigenvalue weighted by Gasteiger charge is -2.12. The van der Waals surface area contributed by atoms with E-state index in [1.165, 1.54) is 0 Å². The van der Waals surface area contributed by atoms with E-state index in [4.69, 9.17) is 0 Å². The SMILES string of the molecule is C[C@H](NC(=O)Cn1cnc2ccccc21)c1cccs1. The summed E-state index contributed by atoms with van der Waals surface area (Å²) in [4.78, 5) is 17.6. The van der Waals surface area contributed by atoms with Crippen molar-refractivity contribution in [3.05, 3.63) is 53.0 Å². The van der Waals surface area contributed by atoms with E-state index in [0.717, 1.165) is 15.9 Å². The summed E-state index contributed by atoms with van der Waals surface area (Å²) in [6.45, 7) is 2.28. The largest absolute Gasteiger partial charge is 0.347 e. The molecule has 0 aliphatic heterocycles. The molecule has 20 heavy (non-hydrogen) atoms. The first-order valence-electron chi connectivity index (χ1n) is 6.46. The lowest BCUT2D eigenvalue weighted by molar-refractivity contribution is -0.122. The van der Waals surface area contributed by atoms with Gasteiger partial charge in [-0.25, -0.2) is 4.98 Å². The zero-order valence-corrected chi connectivity index (χ0v) is 11.9. The number of hydrogen-bond donors (Lipinski definition) is 1. The van der Waals surface area contributed by atoms with Gasteiger partial charge in [-0.15, -0.1) is 11.3 Å². The van der Waals surface area contributed by atoms with Crippen molar-refractivity contribution in [1.29, 1.82) is 0 Å². The molecule has 3 aromatic rings. The number of benzene rings is 1. The number of fused-ring (bicyclic) bond motifs is 1.